The summed E-state index contributed by atoms with van der Waals surface area (Å²) in [4.78, 5) is 2.30. The molecule has 2 heterocycles. The number of para-hydroxylation sites is 1. The minimum atomic E-state index is 0.197. The lowest BCUT2D eigenvalue weighted by Crippen LogP contribution is -2.49. The molecule has 1 aromatic heterocycles. The fraction of sp³-hybridized carbons (Fsp3) is 0.467. The highest BCUT2D eigenvalue weighted by Crippen LogP contribution is 2.24. The third-order valence-electron chi connectivity index (χ3n) is 3.86. The summed E-state index contributed by atoms with van der Waals surface area (Å²) in [6.07, 6.45) is 1.21. The van der Waals surface area contributed by atoms with Gasteiger partial charge in [-0.1, -0.05) is 25.1 Å². The van der Waals surface area contributed by atoms with Gasteiger partial charge in [-0.2, -0.15) is 0 Å². The minimum Gasteiger partial charge on any atom is -0.375 e. The molecule has 21 heavy (non-hydrogen) atoms. The monoisotopic (exact) mass is 304 g/mol. The highest BCUT2D eigenvalue weighted by molar-refractivity contribution is 7.71. The van der Waals surface area contributed by atoms with Gasteiger partial charge in [0.05, 0.1) is 24.4 Å². The van der Waals surface area contributed by atoms with Gasteiger partial charge in [0.25, 0.3) is 0 Å². The van der Waals surface area contributed by atoms with E-state index in [1.807, 2.05) is 34.9 Å². The Bertz CT molecular complexity index is 651. The first-order valence-corrected chi connectivity index (χ1v) is 7.72. The zero-order valence-electron chi connectivity index (χ0n) is 12.3. The Hall–Kier alpha value is -1.66. The Morgan fingerprint density at radius 3 is 2.86 bits per heavy atom. The lowest BCUT2D eigenvalue weighted by Gasteiger charge is -2.38. The molecule has 0 saturated carbocycles. The molecule has 1 saturated heterocycles. The standard InChI is InChI=1S/C15H20N4OS/c1-3-12-10-20-11(2)9-18(12)14-16-17-15(21)19(14)13-7-5-4-6-8-13/h4-8,11-12H,3,9-10H2,1-2H3,(H,17,21). The molecule has 1 aliphatic rings. The number of rotatable bonds is 3. The van der Waals surface area contributed by atoms with Crippen molar-refractivity contribution >= 4 is 18.2 Å². The SMILES string of the molecule is CCC1COC(C)CN1c1n[nH]c(=S)n1-c1ccccc1. The van der Waals surface area contributed by atoms with E-state index in [0.717, 1.165) is 31.2 Å². The predicted molar refractivity (Wildman–Crippen MR) is 85.6 cm³/mol. The number of nitrogens with one attached hydrogen (secondary N) is 1. The molecule has 0 spiro atoms. The number of aromatic amines is 1. The second-order valence-electron chi connectivity index (χ2n) is 5.36. The van der Waals surface area contributed by atoms with E-state index in [1.54, 1.807) is 0 Å². The molecule has 112 valence electrons. The molecule has 2 aromatic rings. The summed E-state index contributed by atoms with van der Waals surface area (Å²) in [6, 6.07) is 10.4. The molecule has 0 amide bonds. The molecule has 6 heteroatoms. The number of ether oxygens (including phenoxy) is 1. The highest BCUT2D eigenvalue weighted by atomic mass is 32.1. The van der Waals surface area contributed by atoms with Crippen LogP contribution in [0.5, 0.6) is 0 Å². The molecule has 2 atom stereocenters. The number of nitrogens with zero attached hydrogens (tertiary/aromatic N) is 3. The van der Waals surface area contributed by atoms with Gasteiger partial charge in [-0.05, 0) is 37.7 Å². The zero-order chi connectivity index (χ0) is 14.8. The maximum absolute atomic E-state index is 5.77. The fourth-order valence-electron chi connectivity index (χ4n) is 2.72. The van der Waals surface area contributed by atoms with Crippen LogP contribution in [-0.2, 0) is 4.74 Å². The van der Waals surface area contributed by atoms with Crippen molar-refractivity contribution < 1.29 is 4.74 Å². The van der Waals surface area contributed by atoms with E-state index in [4.69, 9.17) is 17.0 Å². The Morgan fingerprint density at radius 2 is 2.14 bits per heavy atom. The largest absolute Gasteiger partial charge is 0.375 e. The van der Waals surface area contributed by atoms with Crippen molar-refractivity contribution in [3.8, 4) is 5.69 Å². The average Bonchev–Trinajstić information content (AvgIpc) is 2.89. The summed E-state index contributed by atoms with van der Waals surface area (Å²) >= 11 is 5.42. The molecule has 0 bridgehead atoms. The van der Waals surface area contributed by atoms with Crippen LogP contribution in [0.1, 0.15) is 20.3 Å². The fourth-order valence-corrected chi connectivity index (χ4v) is 2.95. The molecule has 1 fully saturated rings. The molecule has 5 nitrogen and oxygen atoms in total. The van der Waals surface area contributed by atoms with Gasteiger partial charge in [-0.3, -0.25) is 4.57 Å². The van der Waals surface area contributed by atoms with E-state index in [1.165, 1.54) is 0 Å². The quantitative estimate of drug-likeness (QED) is 0.886. The number of hydrogen-bond donors (Lipinski definition) is 1. The van der Waals surface area contributed by atoms with Gasteiger partial charge in [0, 0.05) is 6.54 Å². The Kier molecular flexibility index (Phi) is 4.07. The van der Waals surface area contributed by atoms with Crippen molar-refractivity contribution in [2.24, 2.45) is 0 Å². The molecule has 0 radical (unpaired) electrons. The van der Waals surface area contributed by atoms with Crippen molar-refractivity contribution in [2.45, 2.75) is 32.4 Å². The first-order valence-electron chi connectivity index (χ1n) is 7.31. The van der Waals surface area contributed by atoms with E-state index >= 15 is 0 Å². The van der Waals surface area contributed by atoms with Crippen LogP contribution in [0, 0.1) is 4.77 Å². The molecular weight excluding hydrogens is 284 g/mol. The van der Waals surface area contributed by atoms with Crippen LogP contribution in [0.4, 0.5) is 5.95 Å². The predicted octanol–water partition coefficient (Wildman–Crippen LogP) is 2.93. The van der Waals surface area contributed by atoms with Gasteiger partial charge in [-0.25, -0.2) is 5.10 Å². The first kappa shape index (κ1) is 14.3. The molecule has 1 aliphatic heterocycles. The summed E-state index contributed by atoms with van der Waals surface area (Å²) in [5.74, 6) is 0.869. The van der Waals surface area contributed by atoms with Crippen LogP contribution in [0.2, 0.25) is 0 Å². The molecule has 0 aliphatic carbocycles. The second kappa shape index (κ2) is 5.99. The summed E-state index contributed by atoms with van der Waals surface area (Å²) in [6.45, 7) is 5.81. The van der Waals surface area contributed by atoms with E-state index < -0.39 is 0 Å². The van der Waals surface area contributed by atoms with Crippen LogP contribution in [-0.4, -0.2) is 40.1 Å². The third kappa shape index (κ3) is 2.73. The maximum atomic E-state index is 5.77. The van der Waals surface area contributed by atoms with Crippen LogP contribution >= 0.6 is 12.2 Å². The number of morpholine rings is 1. The van der Waals surface area contributed by atoms with E-state index in [9.17, 15) is 0 Å². The van der Waals surface area contributed by atoms with Gasteiger partial charge < -0.3 is 9.64 Å². The summed E-state index contributed by atoms with van der Waals surface area (Å²) < 4.78 is 8.38. The molecule has 3 rings (SSSR count). The normalized spacial score (nSPS) is 22.5. The van der Waals surface area contributed by atoms with Crippen molar-refractivity contribution in [1.82, 2.24) is 14.8 Å². The van der Waals surface area contributed by atoms with Crippen molar-refractivity contribution in [3.05, 3.63) is 35.1 Å². The second-order valence-corrected chi connectivity index (χ2v) is 5.74. The van der Waals surface area contributed by atoms with Gasteiger partial charge >= 0.3 is 0 Å². The number of H-pyrrole nitrogens is 1. The third-order valence-corrected chi connectivity index (χ3v) is 4.14. The first-order chi connectivity index (χ1) is 10.2. The maximum Gasteiger partial charge on any atom is 0.230 e. The smallest absolute Gasteiger partial charge is 0.230 e. The van der Waals surface area contributed by atoms with Crippen LogP contribution in [0.25, 0.3) is 5.69 Å². The number of hydrogen-bond acceptors (Lipinski definition) is 4. The summed E-state index contributed by atoms with van der Waals surface area (Å²) in [5, 5.41) is 7.39. The minimum absolute atomic E-state index is 0.197. The van der Waals surface area contributed by atoms with Crippen molar-refractivity contribution in [2.75, 3.05) is 18.1 Å². The van der Waals surface area contributed by atoms with Gasteiger partial charge in [0.1, 0.15) is 0 Å². The lowest BCUT2D eigenvalue weighted by molar-refractivity contribution is 0.0291. The molecule has 1 N–H and O–H groups in total. The number of anilines is 1. The highest BCUT2D eigenvalue weighted by Gasteiger charge is 2.29. The van der Waals surface area contributed by atoms with E-state index in [2.05, 4.69) is 28.9 Å². The Labute approximate surface area is 129 Å². The lowest BCUT2D eigenvalue weighted by atomic mass is 10.1. The van der Waals surface area contributed by atoms with Crippen molar-refractivity contribution in [1.29, 1.82) is 0 Å². The van der Waals surface area contributed by atoms with E-state index in [0.29, 0.717) is 10.8 Å². The number of benzene rings is 1. The van der Waals surface area contributed by atoms with Crippen LogP contribution in [0.15, 0.2) is 30.3 Å². The van der Waals surface area contributed by atoms with E-state index in [-0.39, 0.29) is 6.10 Å². The van der Waals surface area contributed by atoms with Crippen LogP contribution in [0.3, 0.4) is 0 Å². The van der Waals surface area contributed by atoms with Gasteiger partial charge in [0.15, 0.2) is 0 Å². The topological polar surface area (TPSA) is 46.1 Å². The molecule has 1 aromatic carbocycles. The van der Waals surface area contributed by atoms with Gasteiger partial charge in [-0.15, -0.1) is 5.10 Å². The van der Waals surface area contributed by atoms with Gasteiger partial charge in [0.2, 0.25) is 10.7 Å². The Morgan fingerprint density at radius 1 is 1.38 bits per heavy atom. The molecule has 2 unspecified atom stereocenters. The zero-order valence-corrected chi connectivity index (χ0v) is 13.1. The van der Waals surface area contributed by atoms with Crippen molar-refractivity contribution in [3.63, 3.8) is 0 Å². The average molecular weight is 304 g/mol. The Balaban J connectivity index is 2.04. The number of aromatic nitrogens is 3. The molecular formula is C15H20N4OS. The summed E-state index contributed by atoms with van der Waals surface area (Å²) in [7, 11) is 0. The summed E-state index contributed by atoms with van der Waals surface area (Å²) in [5.41, 5.74) is 1.03. The van der Waals surface area contributed by atoms with Crippen LogP contribution < -0.4 is 4.90 Å².